The minimum Gasteiger partial charge on any atom is -0.395 e. The van der Waals surface area contributed by atoms with Crippen LogP contribution in [0.2, 0.25) is 0 Å². The second-order valence-electron chi connectivity index (χ2n) is 4.98. The Kier molecular flexibility index (Phi) is 4.87. The lowest BCUT2D eigenvalue weighted by atomic mass is 9.77. The van der Waals surface area contributed by atoms with Crippen LogP contribution in [0, 0.1) is 26.2 Å². The van der Waals surface area contributed by atoms with Crippen molar-refractivity contribution >= 4 is 0 Å². The Bertz CT molecular complexity index is 402. The summed E-state index contributed by atoms with van der Waals surface area (Å²) in [7, 11) is 0. The molecule has 0 aliphatic rings. The molecule has 0 saturated carbocycles. The van der Waals surface area contributed by atoms with E-state index in [-0.39, 0.29) is 0 Å². The van der Waals surface area contributed by atoms with Crippen molar-refractivity contribution in [2.45, 2.75) is 26.9 Å². The zero-order valence-corrected chi connectivity index (χ0v) is 11.1. The summed E-state index contributed by atoms with van der Waals surface area (Å²) >= 11 is 0. The van der Waals surface area contributed by atoms with Gasteiger partial charge in [0.1, 0.15) is 0 Å². The van der Waals surface area contributed by atoms with Crippen LogP contribution in [0.15, 0.2) is 12.1 Å². The van der Waals surface area contributed by atoms with Crippen molar-refractivity contribution in [3.8, 4) is 0 Å². The molecule has 18 heavy (non-hydrogen) atoms. The van der Waals surface area contributed by atoms with E-state index in [0.717, 1.165) is 16.7 Å². The molecular weight excluding hydrogens is 232 g/mol. The number of hydrogen-bond acceptors (Lipinski definition) is 4. The Morgan fingerprint density at radius 3 is 1.83 bits per heavy atom. The molecule has 0 saturated heterocycles. The van der Waals surface area contributed by atoms with E-state index >= 15 is 0 Å². The van der Waals surface area contributed by atoms with Gasteiger partial charge in [0, 0.05) is 0 Å². The van der Waals surface area contributed by atoms with Crippen LogP contribution in [0.4, 0.5) is 0 Å². The van der Waals surface area contributed by atoms with Gasteiger partial charge in [-0.05, 0) is 43.0 Å². The van der Waals surface area contributed by atoms with E-state index in [1.165, 1.54) is 0 Å². The summed E-state index contributed by atoms with van der Waals surface area (Å²) in [6.07, 6.45) is -1.10. The summed E-state index contributed by atoms with van der Waals surface area (Å²) in [6, 6.07) is 3.84. The van der Waals surface area contributed by atoms with E-state index in [2.05, 4.69) is 0 Å². The predicted molar refractivity (Wildman–Crippen MR) is 69.3 cm³/mol. The Balaban J connectivity index is 3.33. The smallest absolute Gasteiger partial charge is 0.0917 e. The number of benzene rings is 1. The number of hydrogen-bond donors (Lipinski definition) is 4. The van der Waals surface area contributed by atoms with Gasteiger partial charge in [-0.3, -0.25) is 0 Å². The van der Waals surface area contributed by atoms with Crippen LogP contribution in [-0.2, 0) is 0 Å². The quantitative estimate of drug-likeness (QED) is 0.620. The lowest BCUT2D eigenvalue weighted by molar-refractivity contribution is -0.0856. The molecule has 0 aliphatic heterocycles. The van der Waals surface area contributed by atoms with E-state index in [0.29, 0.717) is 5.56 Å². The van der Waals surface area contributed by atoms with E-state index in [1.807, 2.05) is 32.9 Å². The fourth-order valence-corrected chi connectivity index (χ4v) is 2.11. The summed E-state index contributed by atoms with van der Waals surface area (Å²) in [5, 5.41) is 38.6. The number of rotatable bonds is 5. The van der Waals surface area contributed by atoms with Crippen LogP contribution in [0.5, 0.6) is 0 Å². The van der Waals surface area contributed by atoms with E-state index < -0.39 is 31.3 Å². The molecule has 0 aromatic heterocycles. The van der Waals surface area contributed by atoms with Gasteiger partial charge < -0.3 is 20.4 Å². The summed E-state index contributed by atoms with van der Waals surface area (Å²) in [4.78, 5) is 0. The van der Waals surface area contributed by atoms with E-state index in [1.54, 1.807) is 0 Å². The van der Waals surface area contributed by atoms with Crippen LogP contribution in [0.3, 0.4) is 0 Å². The van der Waals surface area contributed by atoms with Crippen LogP contribution >= 0.6 is 0 Å². The highest BCUT2D eigenvalue weighted by Crippen LogP contribution is 2.37. The van der Waals surface area contributed by atoms with Crippen molar-refractivity contribution in [3.63, 3.8) is 0 Å². The van der Waals surface area contributed by atoms with Gasteiger partial charge in [0.15, 0.2) is 0 Å². The van der Waals surface area contributed by atoms with Gasteiger partial charge in [0.2, 0.25) is 0 Å². The second-order valence-corrected chi connectivity index (χ2v) is 4.98. The Morgan fingerprint density at radius 2 is 1.39 bits per heavy atom. The highest BCUT2D eigenvalue weighted by molar-refractivity contribution is 5.41. The zero-order valence-electron chi connectivity index (χ0n) is 11.1. The fourth-order valence-electron chi connectivity index (χ4n) is 2.11. The van der Waals surface area contributed by atoms with Gasteiger partial charge in [0.05, 0.1) is 31.3 Å². The van der Waals surface area contributed by atoms with Crippen molar-refractivity contribution < 1.29 is 20.4 Å². The standard InChI is InChI=1S/C14H22O4/c1-9-4-5-10(2)12(11(9)3)13(18)14(6-15,7-16)8-17/h4-5,13,15-18H,6-8H2,1-3H3. The third-order valence-electron chi connectivity index (χ3n) is 3.80. The number of aliphatic hydroxyl groups is 4. The van der Waals surface area contributed by atoms with Gasteiger partial charge in [-0.25, -0.2) is 0 Å². The summed E-state index contributed by atoms with van der Waals surface area (Å²) < 4.78 is 0. The number of aliphatic hydroxyl groups excluding tert-OH is 4. The molecule has 1 unspecified atom stereocenters. The SMILES string of the molecule is Cc1ccc(C)c(C(O)C(CO)(CO)CO)c1C. The highest BCUT2D eigenvalue weighted by Gasteiger charge is 2.39. The summed E-state index contributed by atoms with van der Waals surface area (Å²) in [5.41, 5.74) is 2.18. The summed E-state index contributed by atoms with van der Waals surface area (Å²) in [6.45, 7) is 4.25. The molecule has 0 spiro atoms. The van der Waals surface area contributed by atoms with Crippen LogP contribution in [0.1, 0.15) is 28.4 Å². The van der Waals surface area contributed by atoms with Gasteiger partial charge in [-0.1, -0.05) is 12.1 Å². The first-order chi connectivity index (χ1) is 8.43. The predicted octanol–water partition coefficient (Wildman–Crippen LogP) is 0.609. The van der Waals surface area contributed by atoms with Gasteiger partial charge in [-0.15, -0.1) is 0 Å². The van der Waals surface area contributed by atoms with Crippen LogP contribution < -0.4 is 0 Å². The first-order valence-corrected chi connectivity index (χ1v) is 6.01. The molecule has 0 fully saturated rings. The molecule has 4 heteroatoms. The average molecular weight is 254 g/mol. The third kappa shape index (κ3) is 2.42. The van der Waals surface area contributed by atoms with Crippen molar-refractivity contribution in [2.24, 2.45) is 5.41 Å². The molecule has 0 heterocycles. The van der Waals surface area contributed by atoms with Crippen LogP contribution in [-0.4, -0.2) is 40.2 Å². The lowest BCUT2D eigenvalue weighted by Crippen LogP contribution is -2.40. The maximum absolute atomic E-state index is 10.4. The third-order valence-corrected chi connectivity index (χ3v) is 3.80. The van der Waals surface area contributed by atoms with Gasteiger partial charge in [-0.2, -0.15) is 0 Å². The number of aryl methyl sites for hydroxylation is 2. The fraction of sp³-hybridized carbons (Fsp3) is 0.571. The van der Waals surface area contributed by atoms with Crippen molar-refractivity contribution in [1.82, 2.24) is 0 Å². The largest absolute Gasteiger partial charge is 0.395 e. The van der Waals surface area contributed by atoms with Crippen molar-refractivity contribution in [3.05, 3.63) is 34.4 Å². The lowest BCUT2D eigenvalue weighted by Gasteiger charge is -2.34. The molecule has 4 nitrogen and oxygen atoms in total. The molecule has 0 radical (unpaired) electrons. The Hall–Kier alpha value is -0.940. The molecule has 1 rings (SSSR count). The van der Waals surface area contributed by atoms with Crippen LogP contribution in [0.25, 0.3) is 0 Å². The van der Waals surface area contributed by atoms with Gasteiger partial charge >= 0.3 is 0 Å². The Morgan fingerprint density at radius 1 is 0.944 bits per heavy atom. The molecule has 4 N–H and O–H groups in total. The van der Waals surface area contributed by atoms with E-state index in [4.69, 9.17) is 0 Å². The second kappa shape index (κ2) is 5.80. The maximum atomic E-state index is 10.4. The first-order valence-electron chi connectivity index (χ1n) is 6.01. The van der Waals surface area contributed by atoms with Crippen molar-refractivity contribution in [1.29, 1.82) is 0 Å². The average Bonchev–Trinajstić information content (AvgIpc) is 2.37. The molecule has 1 atom stereocenters. The maximum Gasteiger partial charge on any atom is 0.0917 e. The normalized spacial score (nSPS) is 13.7. The highest BCUT2D eigenvalue weighted by atomic mass is 16.3. The van der Waals surface area contributed by atoms with Crippen molar-refractivity contribution in [2.75, 3.05) is 19.8 Å². The monoisotopic (exact) mass is 254 g/mol. The minimum absolute atomic E-state index is 0.478. The Labute approximate surface area is 108 Å². The molecule has 0 aliphatic carbocycles. The first kappa shape index (κ1) is 15.1. The topological polar surface area (TPSA) is 80.9 Å². The van der Waals surface area contributed by atoms with E-state index in [9.17, 15) is 20.4 Å². The molecule has 1 aromatic rings. The molecule has 1 aromatic carbocycles. The summed E-state index contributed by atoms with van der Waals surface area (Å²) in [5.74, 6) is 0. The van der Waals surface area contributed by atoms with Gasteiger partial charge in [0.25, 0.3) is 0 Å². The molecule has 0 bridgehead atoms. The molecule has 0 amide bonds. The molecular formula is C14H22O4. The minimum atomic E-state index is -1.32. The molecule has 102 valence electrons. The zero-order chi connectivity index (χ0) is 13.9.